The van der Waals surface area contributed by atoms with E-state index in [4.69, 9.17) is 4.74 Å². The molecule has 2 aliphatic rings. The number of nitrogens with one attached hydrogen (secondary N) is 1. The number of benzene rings is 2. The molecule has 2 fully saturated rings. The van der Waals surface area contributed by atoms with Crippen LogP contribution < -0.4 is 5.32 Å². The average Bonchev–Trinajstić information content (AvgIpc) is 3.37. The molecule has 190 valence electrons. The number of fused-ring (bicyclic) bond motifs is 1. The van der Waals surface area contributed by atoms with E-state index in [0.29, 0.717) is 32.0 Å². The van der Waals surface area contributed by atoms with Crippen molar-refractivity contribution >= 4 is 73.3 Å². The molecule has 5 rings (SSSR count). The number of anilines is 1. The van der Waals surface area contributed by atoms with E-state index < -0.39 is 17.1 Å². The first kappa shape index (κ1) is 25.2. The highest BCUT2D eigenvalue weighted by Gasteiger charge is 2.36. The third kappa shape index (κ3) is 5.63. The number of carbonyl (C=O) groups excluding carboxylic acids is 4. The van der Waals surface area contributed by atoms with Crippen molar-refractivity contribution in [2.24, 2.45) is 0 Å². The minimum absolute atomic E-state index is 0.00675. The number of thioether (sulfide) groups is 1. The van der Waals surface area contributed by atoms with Gasteiger partial charge in [0.15, 0.2) is 0 Å². The SMILES string of the molecule is O=C(CN1C(=O)S/C(=C\c2cn(CC(=O)N3CCOCC3)c3ccccc23)C1=O)Nc1ccc(Br)cc1. The van der Waals surface area contributed by atoms with Crippen LogP contribution in [0.3, 0.4) is 0 Å². The van der Waals surface area contributed by atoms with Gasteiger partial charge in [0.1, 0.15) is 13.1 Å². The number of halogens is 1. The number of aromatic nitrogens is 1. The summed E-state index contributed by atoms with van der Waals surface area (Å²) in [7, 11) is 0. The Hall–Kier alpha value is -3.41. The topological polar surface area (TPSA) is 101 Å². The van der Waals surface area contributed by atoms with Crippen molar-refractivity contribution in [1.82, 2.24) is 14.4 Å². The Morgan fingerprint density at radius 3 is 2.51 bits per heavy atom. The molecule has 0 spiro atoms. The summed E-state index contributed by atoms with van der Waals surface area (Å²) in [5, 5.41) is 3.04. The largest absolute Gasteiger partial charge is 0.378 e. The fourth-order valence-corrected chi connectivity index (χ4v) is 5.33. The lowest BCUT2D eigenvalue weighted by atomic mass is 10.1. The lowest BCUT2D eigenvalue weighted by Crippen LogP contribution is -2.42. The van der Waals surface area contributed by atoms with Crippen LogP contribution in [-0.2, 0) is 25.7 Å². The quantitative estimate of drug-likeness (QED) is 0.442. The van der Waals surface area contributed by atoms with E-state index in [9.17, 15) is 19.2 Å². The van der Waals surface area contributed by atoms with Gasteiger partial charge in [-0.15, -0.1) is 0 Å². The fourth-order valence-electron chi connectivity index (χ4n) is 4.23. The van der Waals surface area contributed by atoms with Gasteiger partial charge in [-0.2, -0.15) is 0 Å². The molecule has 0 unspecified atom stereocenters. The number of hydrogen-bond donors (Lipinski definition) is 1. The standard InChI is InChI=1S/C26H23BrN4O5S/c27-18-5-7-19(8-6-18)28-23(32)15-31-25(34)22(37-26(31)35)13-17-14-30(21-4-2-1-3-20(17)21)16-24(33)29-9-11-36-12-10-29/h1-8,13-14H,9-12,15-16H2,(H,28,32)/b22-13-. The number of morpholine rings is 1. The number of para-hydroxylation sites is 1. The van der Waals surface area contributed by atoms with Crippen LogP contribution in [0.5, 0.6) is 0 Å². The molecule has 1 N–H and O–H groups in total. The molecule has 1 aromatic heterocycles. The molecule has 3 heterocycles. The van der Waals surface area contributed by atoms with E-state index in [2.05, 4.69) is 21.2 Å². The van der Waals surface area contributed by atoms with Crippen molar-refractivity contribution in [2.45, 2.75) is 6.54 Å². The maximum Gasteiger partial charge on any atom is 0.294 e. The molecule has 0 radical (unpaired) electrons. The Morgan fingerprint density at radius 1 is 1.03 bits per heavy atom. The second-order valence-corrected chi connectivity index (χ2v) is 10.5. The molecule has 37 heavy (non-hydrogen) atoms. The minimum atomic E-state index is -0.526. The van der Waals surface area contributed by atoms with Gasteiger partial charge < -0.3 is 19.5 Å². The summed E-state index contributed by atoms with van der Waals surface area (Å²) in [4.78, 5) is 53.9. The van der Waals surface area contributed by atoms with Crippen LogP contribution in [0.1, 0.15) is 5.56 Å². The van der Waals surface area contributed by atoms with E-state index >= 15 is 0 Å². The maximum atomic E-state index is 13.0. The molecule has 0 aliphatic carbocycles. The predicted molar refractivity (Wildman–Crippen MR) is 145 cm³/mol. The zero-order valence-electron chi connectivity index (χ0n) is 19.7. The van der Waals surface area contributed by atoms with E-state index in [-0.39, 0.29) is 23.9 Å². The number of nitrogens with zero attached hydrogens (tertiary/aromatic N) is 3. The van der Waals surface area contributed by atoms with Crippen LogP contribution in [0.2, 0.25) is 0 Å². The molecule has 0 atom stereocenters. The van der Waals surface area contributed by atoms with Crippen LogP contribution in [0, 0.1) is 0 Å². The monoisotopic (exact) mass is 582 g/mol. The Balaban J connectivity index is 1.33. The van der Waals surface area contributed by atoms with E-state index in [1.807, 2.05) is 35.0 Å². The number of carbonyl (C=O) groups is 4. The molecule has 11 heteroatoms. The summed E-state index contributed by atoms with van der Waals surface area (Å²) >= 11 is 4.13. The average molecular weight is 583 g/mol. The Labute approximate surface area is 225 Å². The highest BCUT2D eigenvalue weighted by Crippen LogP contribution is 2.34. The van der Waals surface area contributed by atoms with Crippen molar-refractivity contribution in [3.05, 3.63) is 69.7 Å². The maximum absolute atomic E-state index is 13.0. The predicted octanol–water partition coefficient (Wildman–Crippen LogP) is 3.94. The van der Waals surface area contributed by atoms with Gasteiger partial charge in [-0.3, -0.25) is 24.1 Å². The number of rotatable bonds is 6. The van der Waals surface area contributed by atoms with Crippen molar-refractivity contribution in [2.75, 3.05) is 38.2 Å². The van der Waals surface area contributed by atoms with Gasteiger partial charge in [-0.25, -0.2) is 0 Å². The third-order valence-electron chi connectivity index (χ3n) is 6.08. The minimum Gasteiger partial charge on any atom is -0.378 e. The Bertz CT molecular complexity index is 1410. The number of hydrogen-bond acceptors (Lipinski definition) is 6. The lowest BCUT2D eigenvalue weighted by molar-refractivity contribution is -0.135. The van der Waals surface area contributed by atoms with Crippen molar-refractivity contribution in [3.63, 3.8) is 0 Å². The smallest absolute Gasteiger partial charge is 0.294 e. The van der Waals surface area contributed by atoms with Gasteiger partial charge in [0.05, 0.1) is 18.1 Å². The first-order chi connectivity index (χ1) is 17.9. The first-order valence-electron chi connectivity index (χ1n) is 11.6. The van der Waals surface area contributed by atoms with E-state index in [1.165, 1.54) is 0 Å². The lowest BCUT2D eigenvalue weighted by Gasteiger charge is -2.27. The molecule has 4 amide bonds. The third-order valence-corrected chi connectivity index (χ3v) is 7.51. The highest BCUT2D eigenvalue weighted by molar-refractivity contribution is 9.10. The zero-order chi connectivity index (χ0) is 25.9. The van der Waals surface area contributed by atoms with Crippen molar-refractivity contribution in [3.8, 4) is 0 Å². The Kier molecular flexibility index (Phi) is 7.45. The number of ether oxygens (including phenoxy) is 1. The second-order valence-electron chi connectivity index (χ2n) is 8.55. The van der Waals surface area contributed by atoms with Gasteiger partial charge in [0, 0.05) is 45.9 Å². The highest BCUT2D eigenvalue weighted by atomic mass is 79.9. The number of amides is 4. The molecule has 2 aliphatic heterocycles. The molecular formula is C26H23BrN4O5S. The summed E-state index contributed by atoms with van der Waals surface area (Å²) in [6.07, 6.45) is 3.47. The number of imide groups is 1. The van der Waals surface area contributed by atoms with Crippen LogP contribution in [-0.4, -0.2) is 70.2 Å². The summed E-state index contributed by atoms with van der Waals surface area (Å²) in [5.74, 6) is -1.00. The summed E-state index contributed by atoms with van der Waals surface area (Å²) in [5.41, 5.74) is 2.13. The molecule has 0 saturated carbocycles. The van der Waals surface area contributed by atoms with E-state index in [1.54, 1.807) is 35.2 Å². The fraction of sp³-hybridized carbons (Fsp3) is 0.231. The molecular weight excluding hydrogens is 560 g/mol. The van der Waals surface area contributed by atoms with E-state index in [0.717, 1.165) is 37.6 Å². The molecule has 2 saturated heterocycles. The van der Waals surface area contributed by atoms with Crippen LogP contribution >= 0.6 is 27.7 Å². The van der Waals surface area contributed by atoms with Crippen molar-refractivity contribution < 1.29 is 23.9 Å². The van der Waals surface area contributed by atoms with Crippen LogP contribution in [0.15, 0.2) is 64.1 Å². The second kappa shape index (κ2) is 10.9. The summed E-state index contributed by atoms with van der Waals surface area (Å²) < 4.78 is 8.06. The summed E-state index contributed by atoms with van der Waals surface area (Å²) in [6, 6.07) is 14.6. The normalized spacial score (nSPS) is 17.2. The van der Waals surface area contributed by atoms with Crippen LogP contribution in [0.25, 0.3) is 17.0 Å². The molecule has 0 bridgehead atoms. The molecule has 2 aromatic carbocycles. The Morgan fingerprint density at radius 2 is 1.76 bits per heavy atom. The zero-order valence-corrected chi connectivity index (χ0v) is 22.1. The van der Waals surface area contributed by atoms with Gasteiger partial charge in [-0.05, 0) is 48.2 Å². The van der Waals surface area contributed by atoms with Gasteiger partial charge in [0.2, 0.25) is 11.8 Å². The molecule has 3 aromatic rings. The van der Waals surface area contributed by atoms with Gasteiger partial charge >= 0.3 is 0 Å². The summed E-state index contributed by atoms with van der Waals surface area (Å²) in [6.45, 7) is 1.96. The molecule has 9 nitrogen and oxygen atoms in total. The van der Waals surface area contributed by atoms with Gasteiger partial charge in [-0.1, -0.05) is 34.1 Å². The first-order valence-corrected chi connectivity index (χ1v) is 13.2. The van der Waals surface area contributed by atoms with Crippen molar-refractivity contribution in [1.29, 1.82) is 0 Å². The van der Waals surface area contributed by atoms with Crippen LogP contribution in [0.4, 0.5) is 10.5 Å². The van der Waals surface area contributed by atoms with Gasteiger partial charge in [0.25, 0.3) is 11.1 Å².